The molecule has 0 fully saturated rings. The molecule has 0 atom stereocenters. The molecular weight excluding hydrogens is 202 g/mol. The second-order valence-electron chi connectivity index (χ2n) is 3.67. The van der Waals surface area contributed by atoms with E-state index in [0.29, 0.717) is 5.56 Å². The fourth-order valence-corrected chi connectivity index (χ4v) is 1.91. The van der Waals surface area contributed by atoms with Crippen molar-refractivity contribution in [2.45, 2.75) is 0 Å². The maximum Gasteiger partial charge on any atom is 0.248 e. The van der Waals surface area contributed by atoms with E-state index in [9.17, 15) is 4.79 Å². The molecule has 3 aromatic rings. The number of hydrogen-bond acceptors (Lipinski definition) is 2. The van der Waals surface area contributed by atoms with Crippen LogP contribution >= 0.6 is 0 Å². The summed E-state index contributed by atoms with van der Waals surface area (Å²) in [6.45, 7) is 0. The zero-order valence-electron chi connectivity index (χ0n) is 8.40. The molecule has 1 aromatic carbocycles. The molecule has 0 unspecified atom stereocenters. The van der Waals surface area contributed by atoms with Crippen LogP contribution in [0.5, 0.6) is 0 Å². The number of H-pyrrole nitrogens is 1. The molecule has 0 aliphatic carbocycles. The smallest absolute Gasteiger partial charge is 0.248 e. The number of primary amides is 1. The first kappa shape index (κ1) is 8.91. The number of nitrogens with two attached hydrogens (primary N) is 1. The summed E-state index contributed by atoms with van der Waals surface area (Å²) < 4.78 is 0. The Kier molecular flexibility index (Phi) is 1.71. The van der Waals surface area contributed by atoms with Crippen molar-refractivity contribution in [2.75, 3.05) is 0 Å². The van der Waals surface area contributed by atoms with Crippen LogP contribution in [0.1, 0.15) is 10.4 Å². The highest BCUT2D eigenvalue weighted by atomic mass is 16.1. The van der Waals surface area contributed by atoms with E-state index in [1.165, 1.54) is 0 Å². The highest BCUT2D eigenvalue weighted by molar-refractivity contribution is 6.08. The van der Waals surface area contributed by atoms with E-state index < -0.39 is 5.91 Å². The molecule has 0 saturated heterocycles. The van der Waals surface area contributed by atoms with Gasteiger partial charge in [-0.15, -0.1) is 0 Å². The second kappa shape index (κ2) is 3.06. The van der Waals surface area contributed by atoms with Gasteiger partial charge in [0.1, 0.15) is 0 Å². The van der Waals surface area contributed by atoms with Gasteiger partial charge in [0.05, 0.1) is 11.7 Å². The highest BCUT2D eigenvalue weighted by Gasteiger charge is 2.06. The number of pyridine rings is 1. The van der Waals surface area contributed by atoms with Gasteiger partial charge in [0.2, 0.25) is 5.91 Å². The van der Waals surface area contributed by atoms with Crippen molar-refractivity contribution in [3.05, 3.63) is 42.2 Å². The lowest BCUT2D eigenvalue weighted by atomic mass is 10.1. The van der Waals surface area contributed by atoms with Crippen LogP contribution < -0.4 is 5.73 Å². The van der Waals surface area contributed by atoms with Crippen molar-refractivity contribution in [2.24, 2.45) is 5.73 Å². The minimum atomic E-state index is -0.418. The molecule has 0 aliphatic heterocycles. The molecule has 1 amide bonds. The number of nitrogens with zero attached hydrogens (tertiary/aromatic N) is 1. The van der Waals surface area contributed by atoms with E-state index in [2.05, 4.69) is 9.97 Å². The Balaban J connectivity index is 2.41. The molecule has 0 bridgehead atoms. The van der Waals surface area contributed by atoms with Gasteiger partial charge in [-0.3, -0.25) is 9.78 Å². The lowest BCUT2D eigenvalue weighted by Crippen LogP contribution is -2.10. The summed E-state index contributed by atoms with van der Waals surface area (Å²) in [7, 11) is 0. The Bertz CT molecular complexity index is 700. The molecule has 16 heavy (non-hydrogen) atoms. The number of carbonyl (C=O) groups excluding carboxylic acids is 1. The van der Waals surface area contributed by atoms with E-state index in [0.717, 1.165) is 21.8 Å². The number of fused-ring (bicyclic) bond motifs is 3. The van der Waals surface area contributed by atoms with Gasteiger partial charge < -0.3 is 10.7 Å². The zero-order chi connectivity index (χ0) is 11.1. The Labute approximate surface area is 91.1 Å². The Hall–Kier alpha value is -2.36. The van der Waals surface area contributed by atoms with E-state index in [4.69, 9.17) is 5.73 Å². The molecule has 3 rings (SSSR count). The molecule has 3 N–H and O–H groups in total. The van der Waals surface area contributed by atoms with Gasteiger partial charge in [-0.25, -0.2) is 0 Å². The largest absolute Gasteiger partial charge is 0.366 e. The van der Waals surface area contributed by atoms with Crippen molar-refractivity contribution in [3.63, 3.8) is 0 Å². The number of amides is 1. The molecule has 0 spiro atoms. The summed E-state index contributed by atoms with van der Waals surface area (Å²) in [5, 5.41) is 2.17. The second-order valence-corrected chi connectivity index (χ2v) is 3.67. The van der Waals surface area contributed by atoms with E-state index in [1.54, 1.807) is 24.5 Å². The lowest BCUT2D eigenvalue weighted by molar-refractivity contribution is 0.100. The molecular formula is C12H9N3O. The molecule has 0 aliphatic rings. The normalized spacial score (nSPS) is 11.0. The number of hydrogen-bond donors (Lipinski definition) is 2. The average Bonchev–Trinajstić information content (AvgIpc) is 2.66. The number of rotatable bonds is 1. The molecule has 4 nitrogen and oxygen atoms in total. The third-order valence-electron chi connectivity index (χ3n) is 2.68. The van der Waals surface area contributed by atoms with E-state index in [1.807, 2.05) is 12.1 Å². The molecule has 4 heteroatoms. The van der Waals surface area contributed by atoms with Crippen LogP contribution in [0.4, 0.5) is 0 Å². The third-order valence-corrected chi connectivity index (χ3v) is 2.68. The fraction of sp³-hybridized carbons (Fsp3) is 0. The summed E-state index contributed by atoms with van der Waals surface area (Å²) in [6.07, 6.45) is 3.51. The molecule has 78 valence electrons. The van der Waals surface area contributed by atoms with Crippen LogP contribution in [0.15, 0.2) is 36.7 Å². The minimum absolute atomic E-state index is 0.418. The Morgan fingerprint density at radius 1 is 1.19 bits per heavy atom. The summed E-state index contributed by atoms with van der Waals surface area (Å²) in [5.74, 6) is -0.418. The number of aromatic amines is 1. The SMILES string of the molecule is NC(=O)c1ccc2c(c1)[nH]c1cnccc12. The number of aromatic nitrogens is 2. The summed E-state index contributed by atoms with van der Waals surface area (Å²) in [4.78, 5) is 18.3. The van der Waals surface area contributed by atoms with Crippen LogP contribution in [0, 0.1) is 0 Å². The summed E-state index contributed by atoms with van der Waals surface area (Å²) in [6, 6.07) is 7.34. The van der Waals surface area contributed by atoms with Crippen LogP contribution in [0.2, 0.25) is 0 Å². The highest BCUT2D eigenvalue weighted by Crippen LogP contribution is 2.24. The van der Waals surface area contributed by atoms with Crippen LogP contribution in [-0.2, 0) is 0 Å². The van der Waals surface area contributed by atoms with Crippen molar-refractivity contribution in [1.29, 1.82) is 0 Å². The molecule has 2 heterocycles. The first-order chi connectivity index (χ1) is 7.75. The maximum absolute atomic E-state index is 11.1. The van der Waals surface area contributed by atoms with E-state index >= 15 is 0 Å². The lowest BCUT2D eigenvalue weighted by Gasteiger charge is -1.95. The van der Waals surface area contributed by atoms with Gasteiger partial charge >= 0.3 is 0 Å². The third kappa shape index (κ3) is 1.16. The van der Waals surface area contributed by atoms with Crippen LogP contribution in [-0.4, -0.2) is 15.9 Å². The standard InChI is InChI=1S/C12H9N3O/c13-12(16)7-1-2-8-9-3-4-14-6-11(9)15-10(8)5-7/h1-6,15H,(H2,13,16). The van der Waals surface area contributed by atoms with Crippen LogP contribution in [0.25, 0.3) is 21.8 Å². The molecule has 0 radical (unpaired) electrons. The Morgan fingerprint density at radius 2 is 2.00 bits per heavy atom. The summed E-state index contributed by atoms with van der Waals surface area (Å²) >= 11 is 0. The fourth-order valence-electron chi connectivity index (χ4n) is 1.91. The van der Waals surface area contributed by atoms with Crippen molar-refractivity contribution in [1.82, 2.24) is 9.97 Å². The number of nitrogens with one attached hydrogen (secondary N) is 1. The van der Waals surface area contributed by atoms with Crippen LogP contribution in [0.3, 0.4) is 0 Å². The van der Waals surface area contributed by atoms with E-state index in [-0.39, 0.29) is 0 Å². The maximum atomic E-state index is 11.1. The zero-order valence-corrected chi connectivity index (χ0v) is 8.40. The van der Waals surface area contributed by atoms with Crippen molar-refractivity contribution in [3.8, 4) is 0 Å². The van der Waals surface area contributed by atoms with Crippen molar-refractivity contribution < 1.29 is 4.79 Å². The van der Waals surface area contributed by atoms with Gasteiger partial charge in [-0.2, -0.15) is 0 Å². The van der Waals surface area contributed by atoms with Gasteiger partial charge in [0, 0.05) is 28.0 Å². The van der Waals surface area contributed by atoms with Crippen molar-refractivity contribution >= 4 is 27.7 Å². The first-order valence-electron chi connectivity index (χ1n) is 4.91. The predicted octanol–water partition coefficient (Wildman–Crippen LogP) is 1.81. The minimum Gasteiger partial charge on any atom is -0.366 e. The predicted molar refractivity (Wildman–Crippen MR) is 62.1 cm³/mol. The average molecular weight is 211 g/mol. The van der Waals surface area contributed by atoms with Gasteiger partial charge in [-0.1, -0.05) is 6.07 Å². The molecule has 2 aromatic heterocycles. The monoisotopic (exact) mass is 211 g/mol. The Morgan fingerprint density at radius 3 is 2.81 bits per heavy atom. The number of carbonyl (C=O) groups is 1. The molecule has 0 saturated carbocycles. The van der Waals surface area contributed by atoms with Gasteiger partial charge in [0.15, 0.2) is 0 Å². The van der Waals surface area contributed by atoms with Gasteiger partial charge in [0.25, 0.3) is 0 Å². The number of benzene rings is 1. The quantitative estimate of drug-likeness (QED) is 0.644. The topological polar surface area (TPSA) is 71.8 Å². The van der Waals surface area contributed by atoms with Gasteiger partial charge in [-0.05, 0) is 18.2 Å². The summed E-state index contributed by atoms with van der Waals surface area (Å²) in [5.41, 5.74) is 7.60. The first-order valence-corrected chi connectivity index (χ1v) is 4.91.